The molecule has 0 bridgehead atoms. The molecule has 19 heavy (non-hydrogen) atoms. The van der Waals surface area contributed by atoms with Crippen LogP contribution in [0.15, 0.2) is 35.2 Å². The van der Waals surface area contributed by atoms with Gasteiger partial charge < -0.3 is 4.74 Å². The highest BCUT2D eigenvalue weighted by Crippen LogP contribution is 2.22. The van der Waals surface area contributed by atoms with Gasteiger partial charge in [0.1, 0.15) is 5.54 Å². The van der Waals surface area contributed by atoms with Gasteiger partial charge in [0.25, 0.3) is 0 Å². The molecule has 0 fully saturated rings. The van der Waals surface area contributed by atoms with Gasteiger partial charge in [-0.25, -0.2) is 0 Å². The molecule has 1 atom stereocenters. The summed E-state index contributed by atoms with van der Waals surface area (Å²) in [5.74, 6) is 0.671. The maximum Gasteiger partial charge on any atom is 0.325 e. The fourth-order valence-corrected chi connectivity index (χ4v) is 3.08. The number of hydrogen-bond acceptors (Lipinski definition) is 4. The van der Waals surface area contributed by atoms with Gasteiger partial charge in [-0.2, -0.15) is 0 Å². The molecule has 3 nitrogen and oxygen atoms in total. The van der Waals surface area contributed by atoms with Crippen LogP contribution in [-0.4, -0.2) is 30.4 Å². The quantitative estimate of drug-likeness (QED) is 0.615. The van der Waals surface area contributed by atoms with Crippen molar-refractivity contribution >= 4 is 17.7 Å². The molecule has 0 radical (unpaired) electrons. The molecule has 0 heterocycles. The molecule has 1 unspecified atom stereocenters. The second-order valence-electron chi connectivity index (χ2n) is 5.03. The Morgan fingerprint density at radius 3 is 2.53 bits per heavy atom. The number of carbonyl (C=O) groups excluding carboxylic acids is 1. The third-order valence-corrected chi connectivity index (χ3v) is 3.87. The first-order valence-corrected chi connectivity index (χ1v) is 7.50. The Morgan fingerprint density at radius 1 is 1.37 bits per heavy atom. The van der Waals surface area contributed by atoms with Crippen LogP contribution in [0.4, 0.5) is 0 Å². The highest BCUT2D eigenvalue weighted by Gasteiger charge is 2.34. The van der Waals surface area contributed by atoms with E-state index in [4.69, 9.17) is 4.74 Å². The zero-order valence-electron chi connectivity index (χ0n) is 12.1. The largest absolute Gasteiger partial charge is 0.468 e. The van der Waals surface area contributed by atoms with E-state index in [-0.39, 0.29) is 12.0 Å². The van der Waals surface area contributed by atoms with E-state index in [2.05, 4.69) is 17.4 Å². The summed E-state index contributed by atoms with van der Waals surface area (Å²) in [4.78, 5) is 13.1. The van der Waals surface area contributed by atoms with Gasteiger partial charge in [0.15, 0.2) is 0 Å². The van der Waals surface area contributed by atoms with Gasteiger partial charge >= 0.3 is 5.97 Å². The first kappa shape index (κ1) is 16.1. The lowest BCUT2D eigenvalue weighted by Crippen LogP contribution is -2.53. The second-order valence-corrected chi connectivity index (χ2v) is 6.20. The lowest BCUT2D eigenvalue weighted by atomic mass is 9.98. The summed E-state index contributed by atoms with van der Waals surface area (Å²) in [7, 11) is 1.44. The molecule has 0 aromatic heterocycles. The van der Waals surface area contributed by atoms with Gasteiger partial charge in [-0.3, -0.25) is 10.1 Å². The van der Waals surface area contributed by atoms with E-state index in [9.17, 15) is 4.79 Å². The number of benzene rings is 1. The van der Waals surface area contributed by atoms with Crippen molar-refractivity contribution < 1.29 is 9.53 Å². The number of hydrogen-bond donors (Lipinski definition) is 1. The SMILES string of the molecule is COC(=O)C(C)(CCSc1ccccc1)NC(C)C. The molecule has 1 N–H and O–H groups in total. The van der Waals surface area contributed by atoms with Crippen LogP contribution >= 0.6 is 11.8 Å². The molecule has 0 aliphatic heterocycles. The van der Waals surface area contributed by atoms with Crippen LogP contribution in [0, 0.1) is 0 Å². The number of carbonyl (C=O) groups is 1. The molecule has 1 rings (SSSR count). The molecule has 4 heteroatoms. The predicted octanol–water partition coefficient (Wildman–Crippen LogP) is 3.10. The van der Waals surface area contributed by atoms with Gasteiger partial charge in [0.2, 0.25) is 0 Å². The smallest absolute Gasteiger partial charge is 0.325 e. The first-order valence-electron chi connectivity index (χ1n) is 6.52. The highest BCUT2D eigenvalue weighted by atomic mass is 32.2. The maximum atomic E-state index is 11.9. The Labute approximate surface area is 120 Å². The van der Waals surface area contributed by atoms with Gasteiger partial charge in [0, 0.05) is 16.7 Å². The zero-order valence-corrected chi connectivity index (χ0v) is 12.9. The van der Waals surface area contributed by atoms with Crippen molar-refractivity contribution in [2.24, 2.45) is 0 Å². The van der Waals surface area contributed by atoms with E-state index >= 15 is 0 Å². The Hall–Kier alpha value is -1.00. The van der Waals surface area contributed by atoms with Gasteiger partial charge in [0.05, 0.1) is 7.11 Å². The van der Waals surface area contributed by atoms with Crippen molar-refractivity contribution in [1.29, 1.82) is 0 Å². The molecular weight excluding hydrogens is 258 g/mol. The molecule has 0 aliphatic carbocycles. The van der Waals surface area contributed by atoms with Crippen LogP contribution in [0.1, 0.15) is 27.2 Å². The monoisotopic (exact) mass is 281 g/mol. The van der Waals surface area contributed by atoms with Crippen LogP contribution < -0.4 is 5.32 Å². The predicted molar refractivity (Wildman–Crippen MR) is 80.5 cm³/mol. The maximum absolute atomic E-state index is 11.9. The van der Waals surface area contributed by atoms with Crippen LogP contribution in [0.2, 0.25) is 0 Å². The normalized spacial score (nSPS) is 14.2. The summed E-state index contributed by atoms with van der Waals surface area (Å²) in [5.41, 5.74) is -0.620. The molecule has 0 saturated heterocycles. The van der Waals surface area contributed by atoms with E-state index < -0.39 is 5.54 Å². The summed E-state index contributed by atoms with van der Waals surface area (Å²) in [6, 6.07) is 10.4. The molecule has 0 spiro atoms. The van der Waals surface area contributed by atoms with Crippen molar-refractivity contribution in [3.63, 3.8) is 0 Å². The minimum atomic E-state index is -0.620. The topological polar surface area (TPSA) is 38.3 Å². The molecule has 0 aliphatic rings. The third kappa shape index (κ3) is 5.25. The molecule has 1 aromatic rings. The summed E-state index contributed by atoms with van der Waals surface area (Å²) in [5, 5.41) is 3.31. The molecule has 0 amide bonds. The fourth-order valence-electron chi connectivity index (χ4n) is 1.99. The van der Waals surface area contributed by atoms with Crippen molar-refractivity contribution in [2.75, 3.05) is 12.9 Å². The number of thioether (sulfide) groups is 1. The van der Waals surface area contributed by atoms with E-state index in [0.717, 1.165) is 12.2 Å². The Bertz CT molecular complexity index is 394. The fraction of sp³-hybridized carbons (Fsp3) is 0.533. The minimum absolute atomic E-state index is 0.199. The van der Waals surface area contributed by atoms with Crippen LogP contribution in [0.3, 0.4) is 0 Å². The Balaban J connectivity index is 2.56. The van der Waals surface area contributed by atoms with Crippen LogP contribution in [-0.2, 0) is 9.53 Å². The average molecular weight is 281 g/mol. The number of methoxy groups -OCH3 is 1. The second kappa shape index (κ2) is 7.56. The number of nitrogens with one attached hydrogen (secondary N) is 1. The van der Waals surface area contributed by atoms with Crippen LogP contribution in [0.25, 0.3) is 0 Å². The lowest BCUT2D eigenvalue weighted by Gasteiger charge is -2.30. The zero-order chi connectivity index (χ0) is 14.3. The highest BCUT2D eigenvalue weighted by molar-refractivity contribution is 7.99. The Kier molecular flexibility index (Phi) is 6.38. The van der Waals surface area contributed by atoms with Gasteiger partial charge in [-0.15, -0.1) is 11.8 Å². The molecule has 1 aromatic carbocycles. The van der Waals surface area contributed by atoms with E-state index in [0.29, 0.717) is 0 Å². The number of esters is 1. The lowest BCUT2D eigenvalue weighted by molar-refractivity contribution is -0.148. The third-order valence-electron chi connectivity index (χ3n) is 2.86. The van der Waals surface area contributed by atoms with Gasteiger partial charge in [-0.1, -0.05) is 18.2 Å². The van der Waals surface area contributed by atoms with E-state index in [1.54, 1.807) is 11.8 Å². The average Bonchev–Trinajstić information content (AvgIpc) is 2.38. The first-order chi connectivity index (χ1) is 8.98. The Morgan fingerprint density at radius 2 is 2.00 bits per heavy atom. The van der Waals surface area contributed by atoms with E-state index in [1.165, 1.54) is 12.0 Å². The van der Waals surface area contributed by atoms with Gasteiger partial charge in [-0.05, 0) is 39.3 Å². The van der Waals surface area contributed by atoms with Crippen molar-refractivity contribution in [3.05, 3.63) is 30.3 Å². The standard InChI is InChI=1S/C15H23NO2S/c1-12(2)16-15(3,14(17)18-4)10-11-19-13-8-6-5-7-9-13/h5-9,12,16H,10-11H2,1-4H3. The summed E-state index contributed by atoms with van der Waals surface area (Å²) >= 11 is 1.75. The molecule has 0 saturated carbocycles. The van der Waals surface area contributed by atoms with Crippen molar-refractivity contribution in [3.8, 4) is 0 Å². The van der Waals surface area contributed by atoms with Crippen molar-refractivity contribution in [1.82, 2.24) is 5.32 Å². The molecular formula is C15H23NO2S. The van der Waals surface area contributed by atoms with Crippen molar-refractivity contribution in [2.45, 2.75) is 43.7 Å². The summed E-state index contributed by atoms with van der Waals surface area (Å²) in [6.45, 7) is 5.97. The number of rotatable bonds is 7. The molecule has 106 valence electrons. The van der Waals surface area contributed by atoms with E-state index in [1.807, 2.05) is 39.0 Å². The number of ether oxygens (including phenoxy) is 1. The summed E-state index contributed by atoms with van der Waals surface area (Å²) in [6.07, 6.45) is 0.734. The summed E-state index contributed by atoms with van der Waals surface area (Å²) < 4.78 is 4.91. The minimum Gasteiger partial charge on any atom is -0.468 e. The van der Waals surface area contributed by atoms with Crippen LogP contribution in [0.5, 0.6) is 0 Å².